The van der Waals surface area contributed by atoms with Crippen LogP contribution in [0, 0.1) is 6.92 Å². The molecule has 1 amide bonds. The zero-order valence-corrected chi connectivity index (χ0v) is 12.0. The molecule has 0 atom stereocenters. The molecular weight excluding hydrogens is 254 g/mol. The van der Waals surface area contributed by atoms with Gasteiger partial charge in [-0.2, -0.15) is 0 Å². The van der Waals surface area contributed by atoms with Crippen LogP contribution >= 0.6 is 23.1 Å². The highest BCUT2D eigenvalue weighted by Crippen LogP contribution is 2.22. The molecule has 0 spiro atoms. The highest BCUT2D eigenvalue weighted by molar-refractivity contribution is 8.01. The molecule has 94 valence electrons. The highest BCUT2D eigenvalue weighted by atomic mass is 32.2. The minimum atomic E-state index is 0.119. The molecule has 0 aromatic carbocycles. The fourth-order valence-electron chi connectivity index (χ4n) is 1.25. The fraction of sp³-hybridized carbons (Fsp3) is 0.545. The van der Waals surface area contributed by atoms with E-state index in [9.17, 15) is 4.79 Å². The lowest BCUT2D eigenvalue weighted by molar-refractivity contribution is -0.127. The number of carbonyl (C=O) groups excluding carboxylic acids is 1. The van der Waals surface area contributed by atoms with E-state index >= 15 is 0 Å². The van der Waals surface area contributed by atoms with Gasteiger partial charge in [-0.25, -0.2) is 0 Å². The lowest BCUT2D eigenvalue weighted by Crippen LogP contribution is -2.33. The van der Waals surface area contributed by atoms with E-state index in [0.29, 0.717) is 18.8 Å². The summed E-state index contributed by atoms with van der Waals surface area (Å²) in [6, 6.07) is 0. The molecule has 0 radical (unpaired) electrons. The smallest absolute Gasteiger partial charge is 0.233 e. The number of thioether (sulfide) groups is 1. The van der Waals surface area contributed by atoms with Gasteiger partial charge < -0.3 is 4.90 Å². The molecule has 1 aromatic heterocycles. The molecule has 1 heterocycles. The summed E-state index contributed by atoms with van der Waals surface area (Å²) in [7, 11) is 0. The summed E-state index contributed by atoms with van der Waals surface area (Å²) >= 11 is 2.96. The Balaban J connectivity index is 2.44. The van der Waals surface area contributed by atoms with Gasteiger partial charge in [0.2, 0.25) is 5.91 Å². The van der Waals surface area contributed by atoms with Crippen molar-refractivity contribution in [1.29, 1.82) is 0 Å². The molecule has 0 unspecified atom stereocenters. The average Bonchev–Trinajstić information content (AvgIpc) is 2.68. The standard InChI is InChI=1S/C11H17N3OS2/c1-5-14(6-8(2)3)10(15)7-16-11-13-12-9(4)17-11/h2,5-7H2,1,3-4H3. The van der Waals surface area contributed by atoms with Crippen molar-refractivity contribution in [2.24, 2.45) is 0 Å². The number of carbonyl (C=O) groups is 1. The number of amides is 1. The summed E-state index contributed by atoms with van der Waals surface area (Å²) in [4.78, 5) is 13.7. The summed E-state index contributed by atoms with van der Waals surface area (Å²) in [5, 5.41) is 8.82. The molecule has 0 saturated carbocycles. The van der Waals surface area contributed by atoms with Crippen molar-refractivity contribution < 1.29 is 4.79 Å². The molecule has 0 aliphatic heterocycles. The number of hydrogen-bond acceptors (Lipinski definition) is 5. The maximum absolute atomic E-state index is 11.9. The molecule has 0 aliphatic carbocycles. The van der Waals surface area contributed by atoms with Gasteiger partial charge in [0, 0.05) is 13.1 Å². The first-order valence-corrected chi connectivity index (χ1v) is 7.18. The van der Waals surface area contributed by atoms with Gasteiger partial charge in [0.25, 0.3) is 0 Å². The minimum Gasteiger partial charge on any atom is -0.338 e. The van der Waals surface area contributed by atoms with Gasteiger partial charge >= 0.3 is 0 Å². The molecular formula is C11H17N3OS2. The van der Waals surface area contributed by atoms with Crippen LogP contribution in [0.5, 0.6) is 0 Å². The summed E-state index contributed by atoms with van der Waals surface area (Å²) in [5.74, 6) is 0.531. The molecule has 0 bridgehead atoms. The van der Waals surface area contributed by atoms with Crippen LogP contribution < -0.4 is 0 Å². The molecule has 4 nitrogen and oxygen atoms in total. The number of rotatable bonds is 6. The molecule has 1 aromatic rings. The second kappa shape index (κ2) is 6.76. The van der Waals surface area contributed by atoms with Crippen molar-refractivity contribution in [2.75, 3.05) is 18.8 Å². The van der Waals surface area contributed by atoms with Crippen LogP contribution in [0.15, 0.2) is 16.5 Å². The topological polar surface area (TPSA) is 46.1 Å². The molecule has 0 N–H and O–H groups in total. The van der Waals surface area contributed by atoms with Crippen LogP contribution in [0.1, 0.15) is 18.9 Å². The second-order valence-corrected chi connectivity index (χ2v) is 6.14. The van der Waals surface area contributed by atoms with Crippen LogP contribution in [0.4, 0.5) is 0 Å². The number of nitrogens with zero attached hydrogens (tertiary/aromatic N) is 3. The molecule has 0 fully saturated rings. The van der Waals surface area contributed by atoms with Crippen molar-refractivity contribution in [3.63, 3.8) is 0 Å². The van der Waals surface area contributed by atoms with Gasteiger partial charge in [-0.1, -0.05) is 35.3 Å². The van der Waals surface area contributed by atoms with E-state index in [2.05, 4.69) is 16.8 Å². The Morgan fingerprint density at radius 3 is 2.71 bits per heavy atom. The fourth-order valence-corrected chi connectivity index (χ4v) is 2.97. The predicted octanol–water partition coefficient (Wildman–Crippen LogP) is 2.36. The number of hydrogen-bond donors (Lipinski definition) is 0. The third-order valence-corrected chi connectivity index (χ3v) is 3.98. The van der Waals surface area contributed by atoms with Crippen LogP contribution in [0.3, 0.4) is 0 Å². The largest absolute Gasteiger partial charge is 0.338 e. The van der Waals surface area contributed by atoms with Crippen molar-refractivity contribution >= 4 is 29.0 Å². The average molecular weight is 271 g/mol. The van der Waals surface area contributed by atoms with Crippen molar-refractivity contribution in [1.82, 2.24) is 15.1 Å². The number of likely N-dealkylation sites (N-methyl/N-ethyl adjacent to an activating group) is 1. The third kappa shape index (κ3) is 4.87. The van der Waals surface area contributed by atoms with E-state index < -0.39 is 0 Å². The first-order chi connectivity index (χ1) is 8.02. The lowest BCUT2D eigenvalue weighted by atomic mass is 10.3. The normalized spacial score (nSPS) is 10.3. The molecule has 0 saturated heterocycles. The quantitative estimate of drug-likeness (QED) is 0.588. The zero-order valence-electron chi connectivity index (χ0n) is 10.4. The van der Waals surface area contributed by atoms with E-state index in [0.717, 1.165) is 14.9 Å². The molecule has 0 aliphatic rings. The van der Waals surface area contributed by atoms with E-state index in [4.69, 9.17) is 0 Å². The third-order valence-electron chi connectivity index (χ3n) is 2.02. The Morgan fingerprint density at radius 2 is 2.24 bits per heavy atom. The Labute approximate surface area is 110 Å². The van der Waals surface area contributed by atoms with Gasteiger partial charge in [0.15, 0.2) is 4.34 Å². The first-order valence-electron chi connectivity index (χ1n) is 5.38. The van der Waals surface area contributed by atoms with Gasteiger partial charge in [-0.05, 0) is 20.8 Å². The Morgan fingerprint density at radius 1 is 1.53 bits per heavy atom. The SMILES string of the molecule is C=C(C)CN(CC)C(=O)CSc1nnc(C)s1. The monoisotopic (exact) mass is 271 g/mol. The summed E-state index contributed by atoms with van der Waals surface area (Å²) in [6.45, 7) is 11.0. The van der Waals surface area contributed by atoms with E-state index in [-0.39, 0.29) is 5.91 Å². The maximum atomic E-state index is 11.9. The summed E-state index contributed by atoms with van der Waals surface area (Å²) in [5.41, 5.74) is 0.997. The van der Waals surface area contributed by atoms with Gasteiger partial charge in [-0.15, -0.1) is 10.2 Å². The highest BCUT2D eigenvalue weighted by Gasteiger charge is 2.13. The van der Waals surface area contributed by atoms with Crippen LogP contribution in [-0.2, 0) is 4.79 Å². The summed E-state index contributed by atoms with van der Waals surface area (Å²) in [6.07, 6.45) is 0. The second-order valence-electron chi connectivity index (χ2n) is 3.74. The molecule has 1 rings (SSSR count). The number of aromatic nitrogens is 2. The molecule has 17 heavy (non-hydrogen) atoms. The van der Waals surface area contributed by atoms with Crippen LogP contribution in [0.2, 0.25) is 0 Å². The van der Waals surface area contributed by atoms with E-state index in [1.165, 1.54) is 23.1 Å². The Kier molecular flexibility index (Phi) is 5.64. The Bertz CT molecular complexity index is 403. The van der Waals surface area contributed by atoms with Crippen molar-refractivity contribution in [2.45, 2.75) is 25.1 Å². The van der Waals surface area contributed by atoms with Gasteiger partial charge in [-0.3, -0.25) is 4.79 Å². The van der Waals surface area contributed by atoms with Crippen LogP contribution in [0.25, 0.3) is 0 Å². The zero-order chi connectivity index (χ0) is 12.8. The lowest BCUT2D eigenvalue weighted by Gasteiger charge is -2.20. The van der Waals surface area contributed by atoms with Gasteiger partial charge in [0.05, 0.1) is 5.75 Å². The maximum Gasteiger partial charge on any atom is 0.233 e. The molecule has 6 heteroatoms. The van der Waals surface area contributed by atoms with Crippen molar-refractivity contribution in [3.8, 4) is 0 Å². The first kappa shape index (κ1) is 14.2. The van der Waals surface area contributed by atoms with Crippen LogP contribution in [-0.4, -0.2) is 39.8 Å². The minimum absolute atomic E-state index is 0.119. The predicted molar refractivity (Wildman–Crippen MR) is 72.4 cm³/mol. The van der Waals surface area contributed by atoms with Crippen molar-refractivity contribution in [3.05, 3.63) is 17.2 Å². The van der Waals surface area contributed by atoms with E-state index in [1.807, 2.05) is 20.8 Å². The van der Waals surface area contributed by atoms with Gasteiger partial charge in [0.1, 0.15) is 5.01 Å². The summed E-state index contributed by atoms with van der Waals surface area (Å²) < 4.78 is 0.849. The number of aryl methyl sites for hydroxylation is 1. The van der Waals surface area contributed by atoms with E-state index in [1.54, 1.807) is 4.90 Å². The Hall–Kier alpha value is -0.880.